The Labute approximate surface area is 143 Å². The molecule has 1 heterocycles. The molecule has 2 N–H and O–H groups in total. The topological polar surface area (TPSA) is 103 Å². The first-order valence-electron chi connectivity index (χ1n) is 7.77. The fraction of sp³-hybridized carbons (Fsp3) is 0.235. The number of rotatable bonds is 5. The second kappa shape index (κ2) is 6.68. The molecular weight excluding hydrogens is 326 g/mol. The average Bonchev–Trinajstić information content (AvgIpc) is 2.56. The van der Waals surface area contributed by atoms with Crippen molar-refractivity contribution < 1.29 is 19.2 Å². The van der Waals surface area contributed by atoms with Gasteiger partial charge in [0.1, 0.15) is 5.75 Å². The van der Waals surface area contributed by atoms with Crippen LogP contribution in [0.25, 0.3) is 0 Å². The molecule has 130 valence electrons. The molecule has 3 rings (SSSR count). The summed E-state index contributed by atoms with van der Waals surface area (Å²) in [6, 6.07) is 9.84. The molecule has 0 bridgehead atoms. The van der Waals surface area contributed by atoms with Gasteiger partial charge >= 0.3 is 5.69 Å². The summed E-state index contributed by atoms with van der Waals surface area (Å²) in [5.74, 6) is 0.580. The van der Waals surface area contributed by atoms with Gasteiger partial charge in [-0.3, -0.25) is 14.9 Å². The Morgan fingerprint density at radius 3 is 2.72 bits per heavy atom. The lowest BCUT2D eigenvalue weighted by molar-refractivity contribution is -0.385. The Morgan fingerprint density at radius 2 is 2.00 bits per heavy atom. The van der Waals surface area contributed by atoms with Gasteiger partial charge < -0.3 is 20.1 Å². The number of nitrogens with one attached hydrogen (secondary N) is 2. The summed E-state index contributed by atoms with van der Waals surface area (Å²) in [5, 5.41) is 16.9. The van der Waals surface area contributed by atoms with Gasteiger partial charge in [-0.15, -0.1) is 0 Å². The highest BCUT2D eigenvalue weighted by atomic mass is 16.6. The molecule has 8 heteroatoms. The molecule has 2 aromatic carbocycles. The van der Waals surface area contributed by atoms with Crippen LogP contribution in [0.5, 0.6) is 11.5 Å². The number of benzene rings is 2. The van der Waals surface area contributed by atoms with Crippen molar-refractivity contribution in [1.29, 1.82) is 0 Å². The standard InChI is InChI=1S/C17H17N3O5/c1-3-24-16-9-12(4-6-14(16)20(22)23)18-11-5-7-15-13(8-11)19-17(21)10(2)25-15/h4-10,18H,3H2,1-2H3,(H,19,21). The van der Waals surface area contributed by atoms with Crippen molar-refractivity contribution in [2.45, 2.75) is 20.0 Å². The van der Waals surface area contributed by atoms with Crippen molar-refractivity contribution in [3.8, 4) is 11.5 Å². The van der Waals surface area contributed by atoms with E-state index in [9.17, 15) is 14.9 Å². The van der Waals surface area contributed by atoms with Gasteiger partial charge in [0.05, 0.1) is 17.2 Å². The van der Waals surface area contributed by atoms with Crippen molar-refractivity contribution in [3.63, 3.8) is 0 Å². The monoisotopic (exact) mass is 343 g/mol. The highest BCUT2D eigenvalue weighted by Gasteiger charge is 2.23. The first kappa shape index (κ1) is 16.6. The van der Waals surface area contributed by atoms with Crippen molar-refractivity contribution >= 4 is 28.7 Å². The first-order chi connectivity index (χ1) is 12.0. The minimum atomic E-state index is -0.533. The lowest BCUT2D eigenvalue weighted by Gasteiger charge is -2.23. The molecule has 1 aliphatic rings. The van der Waals surface area contributed by atoms with Crippen LogP contribution in [-0.4, -0.2) is 23.5 Å². The fourth-order valence-corrected chi connectivity index (χ4v) is 2.47. The molecule has 0 fully saturated rings. The summed E-state index contributed by atoms with van der Waals surface area (Å²) in [7, 11) is 0. The number of nitrogens with zero attached hydrogens (tertiary/aromatic N) is 1. The number of anilines is 3. The Kier molecular flexibility index (Phi) is 4.42. The SMILES string of the molecule is CCOc1cc(Nc2ccc3c(c2)NC(=O)C(C)O3)ccc1[N+](=O)[O-]. The number of fused-ring (bicyclic) bond motifs is 1. The second-order valence-electron chi connectivity index (χ2n) is 5.46. The van der Waals surface area contributed by atoms with E-state index in [1.807, 2.05) is 0 Å². The number of hydrogen-bond acceptors (Lipinski definition) is 6. The second-order valence-corrected chi connectivity index (χ2v) is 5.46. The van der Waals surface area contributed by atoms with Gasteiger partial charge in [0.15, 0.2) is 11.9 Å². The third-order valence-electron chi connectivity index (χ3n) is 3.66. The zero-order valence-electron chi connectivity index (χ0n) is 13.7. The van der Waals surface area contributed by atoms with Crippen LogP contribution in [0, 0.1) is 10.1 Å². The summed E-state index contributed by atoms with van der Waals surface area (Å²) in [4.78, 5) is 22.3. The number of carbonyl (C=O) groups excluding carboxylic acids is 1. The van der Waals surface area contributed by atoms with Gasteiger partial charge in [0.2, 0.25) is 0 Å². The van der Waals surface area contributed by atoms with E-state index in [-0.39, 0.29) is 17.3 Å². The van der Waals surface area contributed by atoms with E-state index < -0.39 is 11.0 Å². The minimum Gasteiger partial charge on any atom is -0.487 e. The van der Waals surface area contributed by atoms with Crippen molar-refractivity contribution in [2.24, 2.45) is 0 Å². The molecule has 1 amide bonds. The molecular formula is C17H17N3O5. The lowest BCUT2D eigenvalue weighted by Crippen LogP contribution is -2.34. The van der Waals surface area contributed by atoms with Gasteiger partial charge in [0.25, 0.3) is 5.91 Å². The molecule has 1 unspecified atom stereocenters. The summed E-state index contributed by atoms with van der Waals surface area (Å²) >= 11 is 0. The van der Waals surface area contributed by atoms with E-state index in [0.717, 1.165) is 0 Å². The fourth-order valence-electron chi connectivity index (χ4n) is 2.47. The predicted molar refractivity (Wildman–Crippen MR) is 92.7 cm³/mol. The molecule has 25 heavy (non-hydrogen) atoms. The smallest absolute Gasteiger partial charge is 0.311 e. The van der Waals surface area contributed by atoms with Gasteiger partial charge in [-0.2, -0.15) is 0 Å². The molecule has 0 radical (unpaired) electrons. The maximum atomic E-state index is 11.7. The third-order valence-corrected chi connectivity index (χ3v) is 3.66. The van der Waals surface area contributed by atoms with Crippen LogP contribution in [0.1, 0.15) is 13.8 Å². The van der Waals surface area contributed by atoms with E-state index in [4.69, 9.17) is 9.47 Å². The largest absolute Gasteiger partial charge is 0.487 e. The van der Waals surface area contributed by atoms with Crippen LogP contribution in [0.4, 0.5) is 22.7 Å². The van der Waals surface area contributed by atoms with E-state index in [1.54, 1.807) is 44.2 Å². The zero-order chi connectivity index (χ0) is 18.0. The Hall–Kier alpha value is -3.29. The zero-order valence-corrected chi connectivity index (χ0v) is 13.7. The van der Waals surface area contributed by atoms with Crippen molar-refractivity contribution in [3.05, 3.63) is 46.5 Å². The first-order valence-corrected chi connectivity index (χ1v) is 7.77. The number of nitro benzene ring substituents is 1. The molecule has 1 aliphatic heterocycles. The highest BCUT2D eigenvalue weighted by Crippen LogP contribution is 2.35. The van der Waals surface area contributed by atoms with E-state index in [0.29, 0.717) is 29.4 Å². The van der Waals surface area contributed by atoms with E-state index >= 15 is 0 Å². The summed E-state index contributed by atoms with van der Waals surface area (Å²) in [6.07, 6.45) is -0.533. The molecule has 1 atom stereocenters. The number of hydrogen-bond donors (Lipinski definition) is 2. The van der Waals surface area contributed by atoms with Crippen molar-refractivity contribution in [1.82, 2.24) is 0 Å². The third kappa shape index (κ3) is 3.47. The van der Waals surface area contributed by atoms with Gasteiger partial charge in [0, 0.05) is 23.5 Å². The van der Waals surface area contributed by atoms with Crippen LogP contribution in [0.15, 0.2) is 36.4 Å². The maximum absolute atomic E-state index is 11.7. The van der Waals surface area contributed by atoms with Crippen LogP contribution in [0.2, 0.25) is 0 Å². The lowest BCUT2D eigenvalue weighted by atomic mass is 10.2. The Bertz CT molecular complexity index is 837. The summed E-state index contributed by atoms with van der Waals surface area (Å²) in [6.45, 7) is 3.76. The normalized spacial score (nSPS) is 15.6. The van der Waals surface area contributed by atoms with Crippen LogP contribution < -0.4 is 20.1 Å². The van der Waals surface area contributed by atoms with E-state index in [1.165, 1.54) is 6.07 Å². The molecule has 8 nitrogen and oxygen atoms in total. The molecule has 0 aliphatic carbocycles. The number of amides is 1. The molecule has 0 aromatic heterocycles. The molecule has 2 aromatic rings. The Morgan fingerprint density at radius 1 is 1.28 bits per heavy atom. The number of nitro groups is 1. The van der Waals surface area contributed by atoms with Gasteiger partial charge in [-0.05, 0) is 38.1 Å². The average molecular weight is 343 g/mol. The summed E-state index contributed by atoms with van der Waals surface area (Å²) < 4.78 is 10.8. The molecule has 0 saturated carbocycles. The van der Waals surface area contributed by atoms with Gasteiger partial charge in [-0.1, -0.05) is 0 Å². The number of ether oxygens (including phenoxy) is 2. The van der Waals surface area contributed by atoms with E-state index in [2.05, 4.69) is 10.6 Å². The quantitative estimate of drug-likeness (QED) is 0.636. The maximum Gasteiger partial charge on any atom is 0.311 e. The van der Waals surface area contributed by atoms with Crippen molar-refractivity contribution in [2.75, 3.05) is 17.2 Å². The molecule has 0 saturated heterocycles. The summed E-state index contributed by atoms with van der Waals surface area (Å²) in [5.41, 5.74) is 1.81. The minimum absolute atomic E-state index is 0.0903. The Balaban J connectivity index is 1.85. The predicted octanol–water partition coefficient (Wildman–Crippen LogP) is 3.46. The van der Waals surface area contributed by atoms with Crippen LogP contribution in [-0.2, 0) is 4.79 Å². The van der Waals surface area contributed by atoms with Crippen LogP contribution in [0.3, 0.4) is 0 Å². The number of carbonyl (C=O) groups is 1. The highest BCUT2D eigenvalue weighted by molar-refractivity contribution is 5.98. The molecule has 0 spiro atoms. The van der Waals surface area contributed by atoms with Crippen LogP contribution >= 0.6 is 0 Å². The van der Waals surface area contributed by atoms with Gasteiger partial charge in [-0.25, -0.2) is 0 Å².